The van der Waals surface area contributed by atoms with Crippen molar-refractivity contribution >= 4 is 29.3 Å². The zero-order valence-electron chi connectivity index (χ0n) is 19.5. The zero-order chi connectivity index (χ0) is 26.1. The third kappa shape index (κ3) is 3.01. The lowest BCUT2D eigenvalue weighted by molar-refractivity contribution is -0.142. The van der Waals surface area contributed by atoms with E-state index in [2.05, 4.69) is 0 Å². The summed E-state index contributed by atoms with van der Waals surface area (Å²) in [5.74, 6) is -2.70. The van der Waals surface area contributed by atoms with Crippen LogP contribution < -0.4 is 4.90 Å². The summed E-state index contributed by atoms with van der Waals surface area (Å²) < 4.78 is 45.3. The van der Waals surface area contributed by atoms with Crippen LogP contribution in [-0.4, -0.2) is 36.7 Å². The van der Waals surface area contributed by atoms with Gasteiger partial charge in [-0.15, -0.1) is 0 Å². The molecule has 0 aromatic heterocycles. The summed E-state index contributed by atoms with van der Waals surface area (Å²) in [6.45, 7) is 0. The van der Waals surface area contributed by atoms with E-state index in [1.54, 1.807) is 47.4 Å². The van der Waals surface area contributed by atoms with Gasteiger partial charge in [-0.25, -0.2) is 4.79 Å². The van der Waals surface area contributed by atoms with Crippen LogP contribution in [0.5, 0.6) is 0 Å². The second-order valence-corrected chi connectivity index (χ2v) is 9.41. The number of ether oxygens (including phenoxy) is 1. The van der Waals surface area contributed by atoms with E-state index >= 15 is 0 Å². The van der Waals surface area contributed by atoms with Gasteiger partial charge in [-0.1, -0.05) is 66.7 Å². The van der Waals surface area contributed by atoms with E-state index in [1.165, 1.54) is 19.2 Å². The van der Waals surface area contributed by atoms with E-state index in [1.807, 2.05) is 18.2 Å². The summed E-state index contributed by atoms with van der Waals surface area (Å²) in [7, 11) is 1.21. The SMILES string of the molecule is COC(=O)[C@H]1[C@H](c2ccc(C(F)(F)F)cc2)C2(C(=O)c3ccccc3C2=O)[C@@H]2C=Cc3ccccc3N21. The summed E-state index contributed by atoms with van der Waals surface area (Å²) in [6.07, 6.45) is -1.02. The Morgan fingerprint density at radius 2 is 1.49 bits per heavy atom. The van der Waals surface area contributed by atoms with Gasteiger partial charge in [-0.2, -0.15) is 13.2 Å². The number of halogens is 3. The van der Waals surface area contributed by atoms with Crippen molar-refractivity contribution in [3.05, 3.63) is 107 Å². The fraction of sp³-hybridized carbons (Fsp3) is 0.207. The van der Waals surface area contributed by atoms with Gasteiger partial charge in [0.2, 0.25) is 0 Å². The van der Waals surface area contributed by atoms with E-state index in [4.69, 9.17) is 4.74 Å². The van der Waals surface area contributed by atoms with Crippen molar-refractivity contribution in [2.24, 2.45) is 5.41 Å². The second kappa shape index (κ2) is 7.90. The summed E-state index contributed by atoms with van der Waals surface area (Å²) in [5, 5.41) is 0. The predicted molar refractivity (Wildman–Crippen MR) is 129 cm³/mol. The molecule has 0 unspecified atom stereocenters. The van der Waals surface area contributed by atoms with Crippen molar-refractivity contribution < 1.29 is 32.3 Å². The van der Waals surface area contributed by atoms with E-state index in [-0.39, 0.29) is 16.7 Å². The molecule has 1 fully saturated rings. The third-order valence-corrected chi connectivity index (χ3v) is 7.75. The molecule has 0 saturated carbocycles. The van der Waals surface area contributed by atoms with Gasteiger partial charge in [-0.05, 0) is 29.3 Å². The summed E-state index contributed by atoms with van der Waals surface area (Å²) in [6, 6.07) is 16.1. The van der Waals surface area contributed by atoms with E-state index in [0.717, 1.165) is 17.7 Å². The highest BCUT2D eigenvalue weighted by atomic mass is 19.4. The van der Waals surface area contributed by atoms with Crippen molar-refractivity contribution in [1.82, 2.24) is 0 Å². The van der Waals surface area contributed by atoms with Crippen LogP contribution >= 0.6 is 0 Å². The van der Waals surface area contributed by atoms with Gasteiger partial charge in [-0.3, -0.25) is 9.59 Å². The normalized spacial score (nSPS) is 23.1. The maximum absolute atomic E-state index is 14.3. The van der Waals surface area contributed by atoms with Crippen LogP contribution in [0, 0.1) is 5.41 Å². The Balaban J connectivity index is 1.65. The fourth-order valence-corrected chi connectivity index (χ4v) is 6.26. The molecule has 0 amide bonds. The van der Waals surface area contributed by atoms with Gasteiger partial charge >= 0.3 is 12.1 Å². The lowest BCUT2D eigenvalue weighted by Crippen LogP contribution is -2.48. The number of hydrogen-bond donors (Lipinski definition) is 0. The molecule has 8 heteroatoms. The lowest BCUT2D eigenvalue weighted by atomic mass is 9.64. The first-order chi connectivity index (χ1) is 17.7. The highest BCUT2D eigenvalue weighted by Crippen LogP contribution is 2.60. The standard InChI is InChI=1S/C29H20F3NO4/c1-37-27(36)24-23(17-10-13-18(14-11-17)29(30,31)32)28(25(34)19-7-3-4-8-20(19)26(28)35)22-15-12-16-6-2-5-9-21(16)33(22)24/h2-15,22-24H,1H3/t22-,23-,24+/m0/s1. The first-order valence-corrected chi connectivity index (χ1v) is 11.7. The Kier molecular flexibility index (Phi) is 4.96. The predicted octanol–water partition coefficient (Wildman–Crippen LogP) is 5.31. The number of hydrogen-bond acceptors (Lipinski definition) is 5. The number of Topliss-reactive ketones (excluding diaryl/α,β-unsaturated/α-hetero) is 2. The van der Waals surface area contributed by atoms with Gasteiger partial charge in [0.25, 0.3) is 0 Å². The Labute approximate surface area is 210 Å². The Bertz CT molecular complexity index is 1460. The number of benzene rings is 3. The molecule has 1 spiro atoms. The molecule has 2 aliphatic heterocycles. The second-order valence-electron chi connectivity index (χ2n) is 9.41. The molecule has 3 aromatic rings. The molecule has 0 N–H and O–H groups in total. The summed E-state index contributed by atoms with van der Waals surface area (Å²) in [4.78, 5) is 43.7. The molecule has 6 rings (SSSR count). The van der Waals surface area contributed by atoms with E-state index in [0.29, 0.717) is 5.69 Å². The number of carbonyl (C=O) groups excluding carboxylic acids is 3. The van der Waals surface area contributed by atoms with Gasteiger partial charge in [0.1, 0.15) is 11.5 Å². The number of fused-ring (bicyclic) bond motifs is 5. The molecule has 1 saturated heterocycles. The van der Waals surface area contributed by atoms with Crippen molar-refractivity contribution in [1.29, 1.82) is 0 Å². The van der Waals surface area contributed by atoms with E-state index < -0.39 is 52.7 Å². The molecular formula is C29H20F3NO4. The molecule has 186 valence electrons. The average Bonchev–Trinajstić information content (AvgIpc) is 3.34. The number of para-hydroxylation sites is 1. The topological polar surface area (TPSA) is 63.7 Å². The van der Waals surface area contributed by atoms with Crippen molar-refractivity contribution in [2.45, 2.75) is 24.2 Å². The minimum absolute atomic E-state index is 0.238. The Morgan fingerprint density at radius 1 is 0.892 bits per heavy atom. The van der Waals surface area contributed by atoms with Crippen LogP contribution in [0.15, 0.2) is 78.9 Å². The maximum atomic E-state index is 14.3. The average molecular weight is 503 g/mol. The number of alkyl halides is 3. The summed E-state index contributed by atoms with van der Waals surface area (Å²) in [5.41, 5.74) is -0.468. The number of rotatable bonds is 2. The minimum Gasteiger partial charge on any atom is -0.467 e. The molecule has 5 nitrogen and oxygen atoms in total. The summed E-state index contributed by atoms with van der Waals surface area (Å²) >= 11 is 0. The van der Waals surface area contributed by atoms with E-state index in [9.17, 15) is 27.6 Å². The van der Waals surface area contributed by atoms with Crippen LogP contribution in [0.3, 0.4) is 0 Å². The van der Waals surface area contributed by atoms with Crippen molar-refractivity contribution in [3.8, 4) is 0 Å². The first-order valence-electron chi connectivity index (χ1n) is 11.7. The minimum atomic E-state index is -4.57. The maximum Gasteiger partial charge on any atom is 0.416 e. The molecule has 37 heavy (non-hydrogen) atoms. The van der Waals surface area contributed by atoms with Crippen LogP contribution in [0.2, 0.25) is 0 Å². The molecule has 1 aliphatic carbocycles. The van der Waals surface area contributed by atoms with Crippen LogP contribution in [0.1, 0.15) is 43.3 Å². The number of anilines is 1. The quantitative estimate of drug-likeness (QED) is 0.350. The zero-order valence-corrected chi connectivity index (χ0v) is 19.5. The highest BCUT2D eigenvalue weighted by Gasteiger charge is 2.72. The number of carbonyl (C=O) groups is 3. The first kappa shape index (κ1) is 23.2. The number of nitrogens with zero attached hydrogens (tertiary/aromatic N) is 1. The molecular weight excluding hydrogens is 483 g/mol. The van der Waals surface area contributed by atoms with Gasteiger partial charge in [0, 0.05) is 22.7 Å². The molecule has 0 radical (unpaired) electrons. The van der Waals surface area contributed by atoms with Crippen LogP contribution in [0.4, 0.5) is 18.9 Å². The van der Waals surface area contributed by atoms with Gasteiger partial charge in [0.15, 0.2) is 11.6 Å². The fourth-order valence-electron chi connectivity index (χ4n) is 6.26. The van der Waals surface area contributed by atoms with Crippen LogP contribution in [0.25, 0.3) is 6.08 Å². The monoisotopic (exact) mass is 503 g/mol. The van der Waals surface area contributed by atoms with Gasteiger partial charge in [0.05, 0.1) is 18.7 Å². The van der Waals surface area contributed by atoms with Crippen molar-refractivity contribution in [2.75, 3.05) is 12.0 Å². The van der Waals surface area contributed by atoms with Crippen LogP contribution in [-0.2, 0) is 15.7 Å². The molecule has 0 bridgehead atoms. The number of methoxy groups -OCH3 is 1. The number of esters is 1. The third-order valence-electron chi connectivity index (χ3n) is 7.75. The van der Waals surface area contributed by atoms with Gasteiger partial charge < -0.3 is 9.64 Å². The number of ketones is 2. The molecule has 3 aliphatic rings. The lowest BCUT2D eigenvalue weighted by Gasteiger charge is -2.36. The molecule has 3 atom stereocenters. The van der Waals surface area contributed by atoms with Crippen molar-refractivity contribution in [3.63, 3.8) is 0 Å². The smallest absolute Gasteiger partial charge is 0.416 e. The largest absolute Gasteiger partial charge is 0.467 e. The Morgan fingerprint density at radius 3 is 2.08 bits per heavy atom. The molecule has 3 aromatic carbocycles. The highest BCUT2D eigenvalue weighted by molar-refractivity contribution is 6.32. The Hall–Kier alpha value is -4.20. The molecule has 2 heterocycles.